The highest BCUT2D eigenvalue weighted by Crippen LogP contribution is 2.41. The van der Waals surface area contributed by atoms with Crippen LogP contribution in [0.5, 0.6) is 0 Å². The number of ether oxygens (including phenoxy) is 1. The van der Waals surface area contributed by atoms with E-state index in [2.05, 4.69) is 31.1 Å². The number of pyridine rings is 1. The van der Waals surface area contributed by atoms with Crippen molar-refractivity contribution < 1.29 is 4.74 Å². The van der Waals surface area contributed by atoms with E-state index < -0.39 is 0 Å². The monoisotopic (exact) mass is 414 g/mol. The second kappa shape index (κ2) is 8.35. The van der Waals surface area contributed by atoms with Crippen molar-refractivity contribution in [3.8, 4) is 0 Å². The maximum absolute atomic E-state index is 6.03. The third-order valence-corrected chi connectivity index (χ3v) is 6.84. The molecule has 0 fully saturated rings. The van der Waals surface area contributed by atoms with Crippen molar-refractivity contribution in [3.63, 3.8) is 0 Å². The van der Waals surface area contributed by atoms with E-state index in [-0.39, 0.29) is 5.60 Å². The summed E-state index contributed by atoms with van der Waals surface area (Å²) in [5, 5.41) is 5.55. The zero-order chi connectivity index (χ0) is 19.6. The van der Waals surface area contributed by atoms with Crippen molar-refractivity contribution in [2.45, 2.75) is 63.9 Å². The van der Waals surface area contributed by atoms with Crippen LogP contribution in [-0.2, 0) is 24.3 Å². The smallest absolute Gasteiger partial charge is 0.190 e. The fraction of sp³-hybridized carbons (Fsp3) is 0.476. The standard InChI is InChI=1S/C21H26N4OS2/c1-4-5-10-27-20-24-18(23-12-14-8-6-7-9-22-14)17-15-11-21(2,3)26-13-16(15)28-19(17)25-20/h6-9H,4-5,10-13H2,1-3H3,(H,23,24,25). The van der Waals surface area contributed by atoms with Gasteiger partial charge >= 0.3 is 0 Å². The van der Waals surface area contributed by atoms with E-state index in [9.17, 15) is 0 Å². The number of hydrogen-bond acceptors (Lipinski definition) is 7. The van der Waals surface area contributed by atoms with Gasteiger partial charge in [-0.15, -0.1) is 11.3 Å². The first-order valence-electron chi connectivity index (χ1n) is 9.78. The summed E-state index contributed by atoms with van der Waals surface area (Å²) in [5.41, 5.74) is 2.18. The maximum atomic E-state index is 6.03. The Balaban J connectivity index is 1.71. The molecule has 5 nitrogen and oxygen atoms in total. The van der Waals surface area contributed by atoms with Crippen LogP contribution in [-0.4, -0.2) is 26.3 Å². The first-order chi connectivity index (χ1) is 13.6. The molecular weight excluding hydrogens is 388 g/mol. The molecule has 0 saturated carbocycles. The lowest BCUT2D eigenvalue weighted by atomic mass is 9.94. The Morgan fingerprint density at radius 2 is 2.18 bits per heavy atom. The Hall–Kier alpha value is -1.70. The first-order valence-corrected chi connectivity index (χ1v) is 11.6. The number of aromatic nitrogens is 3. The van der Waals surface area contributed by atoms with Crippen LogP contribution in [0.25, 0.3) is 10.2 Å². The highest BCUT2D eigenvalue weighted by atomic mass is 32.2. The van der Waals surface area contributed by atoms with Crippen LogP contribution >= 0.6 is 23.1 Å². The third kappa shape index (κ3) is 4.31. The second-order valence-electron chi connectivity index (χ2n) is 7.64. The number of thiophene rings is 1. The summed E-state index contributed by atoms with van der Waals surface area (Å²) in [6.45, 7) is 7.81. The highest BCUT2D eigenvalue weighted by molar-refractivity contribution is 7.99. The second-order valence-corrected chi connectivity index (χ2v) is 9.79. The molecule has 0 aliphatic carbocycles. The molecule has 148 valence electrons. The molecule has 0 amide bonds. The number of fused-ring (bicyclic) bond motifs is 3. The molecule has 0 bridgehead atoms. The lowest BCUT2D eigenvalue weighted by Crippen LogP contribution is -2.31. The molecule has 1 aliphatic rings. The first kappa shape index (κ1) is 19.6. The SMILES string of the molecule is CCCCSc1nc(NCc2ccccn2)c2c3c(sc2n1)COC(C)(C)C3. The van der Waals surface area contributed by atoms with Gasteiger partial charge in [0.05, 0.1) is 29.8 Å². The molecule has 3 aromatic rings. The molecule has 0 radical (unpaired) electrons. The average molecular weight is 415 g/mol. The van der Waals surface area contributed by atoms with Crippen molar-refractivity contribution in [2.24, 2.45) is 0 Å². The molecule has 0 spiro atoms. The Labute approximate surface area is 174 Å². The molecule has 0 aromatic carbocycles. The van der Waals surface area contributed by atoms with Crippen molar-refractivity contribution >= 4 is 39.1 Å². The molecule has 1 N–H and O–H groups in total. The molecule has 28 heavy (non-hydrogen) atoms. The lowest BCUT2D eigenvalue weighted by molar-refractivity contribution is -0.0379. The number of unbranched alkanes of at least 4 members (excludes halogenated alkanes) is 1. The van der Waals surface area contributed by atoms with Gasteiger partial charge in [0.15, 0.2) is 5.16 Å². The Kier molecular flexibility index (Phi) is 5.85. The summed E-state index contributed by atoms with van der Waals surface area (Å²) in [4.78, 5) is 16.5. The van der Waals surface area contributed by atoms with Crippen LogP contribution in [0.1, 0.15) is 49.7 Å². The highest BCUT2D eigenvalue weighted by Gasteiger charge is 2.31. The quantitative estimate of drug-likeness (QED) is 0.315. The minimum atomic E-state index is -0.159. The Morgan fingerprint density at radius 1 is 1.29 bits per heavy atom. The van der Waals surface area contributed by atoms with E-state index >= 15 is 0 Å². The average Bonchev–Trinajstić information content (AvgIpc) is 3.04. The summed E-state index contributed by atoms with van der Waals surface area (Å²) in [7, 11) is 0. The number of nitrogens with zero attached hydrogens (tertiary/aromatic N) is 3. The van der Waals surface area contributed by atoms with Gasteiger partial charge in [-0.05, 0) is 38.0 Å². The van der Waals surface area contributed by atoms with Crippen LogP contribution < -0.4 is 5.32 Å². The summed E-state index contributed by atoms with van der Waals surface area (Å²) < 4.78 is 6.03. The molecule has 0 unspecified atom stereocenters. The molecule has 3 aromatic heterocycles. The van der Waals surface area contributed by atoms with E-state index in [1.54, 1.807) is 23.1 Å². The lowest BCUT2D eigenvalue weighted by Gasteiger charge is -2.30. The van der Waals surface area contributed by atoms with Crippen molar-refractivity contribution in [3.05, 3.63) is 40.5 Å². The van der Waals surface area contributed by atoms with Crippen molar-refractivity contribution in [1.29, 1.82) is 0 Å². The van der Waals surface area contributed by atoms with Gasteiger partial charge in [-0.3, -0.25) is 4.98 Å². The Morgan fingerprint density at radius 3 is 2.96 bits per heavy atom. The van der Waals surface area contributed by atoms with Gasteiger partial charge in [-0.2, -0.15) is 0 Å². The van der Waals surface area contributed by atoms with Gasteiger partial charge in [0.25, 0.3) is 0 Å². The van der Waals surface area contributed by atoms with Gasteiger partial charge in [0.1, 0.15) is 10.6 Å². The van der Waals surface area contributed by atoms with Crippen LogP contribution in [0, 0.1) is 0 Å². The normalized spacial score (nSPS) is 15.5. The fourth-order valence-corrected chi connectivity index (χ4v) is 5.39. The van der Waals surface area contributed by atoms with E-state index in [0.29, 0.717) is 13.2 Å². The molecule has 4 heterocycles. The predicted molar refractivity (Wildman–Crippen MR) is 117 cm³/mol. The maximum Gasteiger partial charge on any atom is 0.190 e. The van der Waals surface area contributed by atoms with Crippen molar-refractivity contribution in [2.75, 3.05) is 11.1 Å². The number of hydrogen-bond donors (Lipinski definition) is 1. The molecular formula is C21H26N4OS2. The largest absolute Gasteiger partial charge is 0.370 e. The summed E-state index contributed by atoms with van der Waals surface area (Å²) in [5.74, 6) is 1.97. The van der Waals surface area contributed by atoms with E-state index in [1.165, 1.54) is 23.3 Å². The zero-order valence-corrected chi connectivity index (χ0v) is 18.3. The van der Waals surface area contributed by atoms with Crippen LogP contribution in [0.4, 0.5) is 5.82 Å². The van der Waals surface area contributed by atoms with E-state index in [1.807, 2.05) is 24.4 Å². The van der Waals surface area contributed by atoms with Gasteiger partial charge in [0.2, 0.25) is 0 Å². The number of thioether (sulfide) groups is 1. The van der Waals surface area contributed by atoms with Gasteiger partial charge in [-0.25, -0.2) is 9.97 Å². The third-order valence-electron chi connectivity index (χ3n) is 4.80. The van der Waals surface area contributed by atoms with E-state index in [0.717, 1.165) is 39.1 Å². The summed E-state index contributed by atoms with van der Waals surface area (Å²) in [6, 6.07) is 5.98. The fourth-order valence-electron chi connectivity index (χ4n) is 3.30. The van der Waals surface area contributed by atoms with Gasteiger partial charge in [0, 0.05) is 23.2 Å². The van der Waals surface area contributed by atoms with E-state index in [4.69, 9.17) is 14.7 Å². The summed E-state index contributed by atoms with van der Waals surface area (Å²) in [6.07, 6.45) is 5.06. The molecule has 1 aliphatic heterocycles. The Bertz CT molecular complexity index is 956. The minimum absolute atomic E-state index is 0.159. The topological polar surface area (TPSA) is 59.9 Å². The zero-order valence-electron chi connectivity index (χ0n) is 16.6. The predicted octanol–water partition coefficient (Wildman–Crippen LogP) is 5.44. The van der Waals surface area contributed by atoms with Crippen LogP contribution in [0.2, 0.25) is 0 Å². The van der Waals surface area contributed by atoms with Crippen molar-refractivity contribution in [1.82, 2.24) is 15.0 Å². The molecule has 7 heteroatoms. The number of anilines is 1. The van der Waals surface area contributed by atoms with Gasteiger partial charge < -0.3 is 10.1 Å². The van der Waals surface area contributed by atoms with Gasteiger partial charge in [-0.1, -0.05) is 31.2 Å². The van der Waals surface area contributed by atoms with Crippen LogP contribution in [0.3, 0.4) is 0 Å². The number of nitrogens with one attached hydrogen (secondary N) is 1. The summed E-state index contributed by atoms with van der Waals surface area (Å²) >= 11 is 3.48. The van der Waals surface area contributed by atoms with Crippen LogP contribution in [0.15, 0.2) is 29.6 Å². The molecule has 4 rings (SSSR count). The number of rotatable bonds is 7. The molecule has 0 atom stereocenters. The molecule has 0 saturated heterocycles. The minimum Gasteiger partial charge on any atom is -0.370 e.